The van der Waals surface area contributed by atoms with Gasteiger partial charge in [-0.25, -0.2) is 0 Å². The van der Waals surface area contributed by atoms with Gasteiger partial charge in [0.15, 0.2) is 0 Å². The second-order valence-electron chi connectivity index (χ2n) is 5.27. The molecule has 4 nitrogen and oxygen atoms in total. The van der Waals surface area contributed by atoms with E-state index in [1.54, 1.807) is 12.4 Å². The Hall–Kier alpha value is -2.20. The van der Waals surface area contributed by atoms with E-state index in [-0.39, 0.29) is 5.91 Å². The molecule has 0 saturated carbocycles. The van der Waals surface area contributed by atoms with Crippen LogP contribution in [0, 0.1) is 0 Å². The van der Waals surface area contributed by atoms with Gasteiger partial charge < -0.3 is 10.6 Å². The Balaban J connectivity index is 1.63. The summed E-state index contributed by atoms with van der Waals surface area (Å²) < 4.78 is 0. The van der Waals surface area contributed by atoms with Crippen molar-refractivity contribution in [1.29, 1.82) is 0 Å². The van der Waals surface area contributed by atoms with Gasteiger partial charge in [0.05, 0.1) is 0 Å². The normalized spacial score (nSPS) is 13.5. The first-order valence-electron chi connectivity index (χ1n) is 7.33. The van der Waals surface area contributed by atoms with Crippen LogP contribution in [0.25, 0.3) is 0 Å². The Morgan fingerprint density at radius 3 is 2.95 bits per heavy atom. The molecule has 1 amide bonds. The maximum Gasteiger partial charge on any atom is 0.224 e. The third kappa shape index (κ3) is 3.47. The van der Waals surface area contributed by atoms with Gasteiger partial charge in [-0.1, -0.05) is 12.1 Å². The minimum absolute atomic E-state index is 0.0683. The second-order valence-corrected chi connectivity index (χ2v) is 5.27. The topological polar surface area (TPSA) is 54.0 Å². The van der Waals surface area contributed by atoms with Crippen LogP contribution in [0.1, 0.15) is 23.1 Å². The zero-order chi connectivity index (χ0) is 14.5. The molecular weight excluding hydrogens is 262 g/mol. The summed E-state index contributed by atoms with van der Waals surface area (Å²) in [6, 6.07) is 10.0. The maximum absolute atomic E-state index is 12.1. The average Bonchev–Trinajstić information content (AvgIpc) is 2.54. The standard InChI is InChI=1S/C17H19N3O/c21-17(5-4-13-6-9-18-10-7-13)20-16-3-1-2-14-12-19-11-8-15(14)16/h1-3,6-7,9-10,19H,4-5,8,11-12H2,(H,20,21). The summed E-state index contributed by atoms with van der Waals surface area (Å²) >= 11 is 0. The lowest BCUT2D eigenvalue weighted by atomic mass is 9.99. The molecule has 2 N–H and O–H groups in total. The second kappa shape index (κ2) is 6.50. The van der Waals surface area contributed by atoms with E-state index in [4.69, 9.17) is 0 Å². The number of aromatic nitrogens is 1. The predicted octanol–water partition coefficient (Wildman–Crippen LogP) is 2.30. The first kappa shape index (κ1) is 13.8. The van der Waals surface area contributed by atoms with Crippen molar-refractivity contribution >= 4 is 11.6 Å². The summed E-state index contributed by atoms with van der Waals surface area (Å²) in [6.45, 7) is 1.85. The monoisotopic (exact) mass is 281 g/mol. The van der Waals surface area contributed by atoms with Gasteiger partial charge in [0.1, 0.15) is 0 Å². The van der Waals surface area contributed by atoms with Gasteiger partial charge in [-0.2, -0.15) is 0 Å². The van der Waals surface area contributed by atoms with Crippen molar-refractivity contribution in [2.45, 2.75) is 25.8 Å². The number of benzene rings is 1. The lowest BCUT2D eigenvalue weighted by molar-refractivity contribution is -0.116. The quantitative estimate of drug-likeness (QED) is 0.904. The van der Waals surface area contributed by atoms with Crippen molar-refractivity contribution in [2.24, 2.45) is 0 Å². The molecule has 108 valence electrons. The Morgan fingerprint density at radius 1 is 1.24 bits per heavy atom. The molecule has 0 aliphatic carbocycles. The van der Waals surface area contributed by atoms with Gasteiger partial charge >= 0.3 is 0 Å². The van der Waals surface area contributed by atoms with Crippen molar-refractivity contribution < 1.29 is 4.79 Å². The van der Waals surface area contributed by atoms with Crippen molar-refractivity contribution in [2.75, 3.05) is 11.9 Å². The number of carbonyl (C=O) groups excluding carboxylic acids is 1. The summed E-state index contributed by atoms with van der Waals surface area (Å²) in [5.41, 5.74) is 4.66. The van der Waals surface area contributed by atoms with E-state index >= 15 is 0 Å². The predicted molar refractivity (Wildman–Crippen MR) is 83.0 cm³/mol. The number of rotatable bonds is 4. The number of amides is 1. The van der Waals surface area contributed by atoms with E-state index in [0.717, 1.165) is 37.2 Å². The Morgan fingerprint density at radius 2 is 2.10 bits per heavy atom. The van der Waals surface area contributed by atoms with Crippen molar-refractivity contribution in [1.82, 2.24) is 10.3 Å². The number of anilines is 1. The molecule has 0 spiro atoms. The zero-order valence-corrected chi connectivity index (χ0v) is 11.9. The molecule has 4 heteroatoms. The molecule has 0 bridgehead atoms. The highest BCUT2D eigenvalue weighted by molar-refractivity contribution is 5.91. The van der Waals surface area contributed by atoms with Gasteiger partial charge in [-0.15, -0.1) is 0 Å². The molecular formula is C17H19N3O. The largest absolute Gasteiger partial charge is 0.326 e. The lowest BCUT2D eigenvalue weighted by Gasteiger charge is -2.20. The van der Waals surface area contributed by atoms with Gasteiger partial charge in [-0.3, -0.25) is 9.78 Å². The van der Waals surface area contributed by atoms with E-state index in [2.05, 4.69) is 21.7 Å². The SMILES string of the molecule is O=C(CCc1ccncc1)Nc1cccc2c1CCNC2. The highest BCUT2D eigenvalue weighted by Crippen LogP contribution is 2.23. The van der Waals surface area contributed by atoms with Crippen molar-refractivity contribution in [3.63, 3.8) is 0 Å². The Labute approximate surface area is 124 Å². The average molecular weight is 281 g/mol. The number of nitrogens with zero attached hydrogens (tertiary/aromatic N) is 1. The fraction of sp³-hybridized carbons (Fsp3) is 0.294. The van der Waals surface area contributed by atoms with Crippen molar-refractivity contribution in [3.05, 3.63) is 59.4 Å². The minimum atomic E-state index is 0.0683. The van der Waals surface area contributed by atoms with Gasteiger partial charge in [0.25, 0.3) is 0 Å². The van der Waals surface area contributed by atoms with Crippen LogP contribution in [0.4, 0.5) is 5.69 Å². The van der Waals surface area contributed by atoms with Crippen LogP contribution in [-0.2, 0) is 24.2 Å². The van der Waals surface area contributed by atoms with E-state index in [1.807, 2.05) is 24.3 Å². The number of fused-ring (bicyclic) bond motifs is 1. The molecule has 0 unspecified atom stereocenters. The maximum atomic E-state index is 12.1. The Kier molecular flexibility index (Phi) is 4.26. The molecule has 3 rings (SSSR count). The summed E-state index contributed by atoms with van der Waals surface area (Å²) in [6.07, 6.45) is 5.72. The third-order valence-electron chi connectivity index (χ3n) is 3.80. The van der Waals surface area contributed by atoms with Crippen LogP contribution in [0.3, 0.4) is 0 Å². The van der Waals surface area contributed by atoms with E-state index in [1.165, 1.54) is 11.1 Å². The molecule has 1 aliphatic heterocycles. The van der Waals surface area contributed by atoms with Crippen molar-refractivity contribution in [3.8, 4) is 0 Å². The minimum Gasteiger partial charge on any atom is -0.326 e. The summed E-state index contributed by atoms with van der Waals surface area (Å²) in [5.74, 6) is 0.0683. The van der Waals surface area contributed by atoms with Gasteiger partial charge in [-0.05, 0) is 54.3 Å². The highest BCUT2D eigenvalue weighted by atomic mass is 16.1. The smallest absolute Gasteiger partial charge is 0.224 e. The molecule has 21 heavy (non-hydrogen) atoms. The zero-order valence-electron chi connectivity index (χ0n) is 11.9. The molecule has 1 aromatic heterocycles. The summed E-state index contributed by atoms with van der Waals surface area (Å²) in [4.78, 5) is 16.1. The lowest BCUT2D eigenvalue weighted by Crippen LogP contribution is -2.25. The van der Waals surface area contributed by atoms with Crippen LogP contribution in [0.15, 0.2) is 42.7 Å². The molecule has 1 aliphatic rings. The summed E-state index contributed by atoms with van der Waals surface area (Å²) in [5, 5.41) is 6.41. The molecule has 0 fully saturated rings. The number of hydrogen-bond donors (Lipinski definition) is 2. The van der Waals surface area contributed by atoms with Gasteiger partial charge in [0, 0.05) is 31.0 Å². The number of carbonyl (C=O) groups is 1. The number of pyridine rings is 1. The van der Waals surface area contributed by atoms with E-state index < -0.39 is 0 Å². The van der Waals surface area contributed by atoms with Crippen LogP contribution in [0.5, 0.6) is 0 Å². The fourth-order valence-corrected chi connectivity index (χ4v) is 2.67. The first-order valence-corrected chi connectivity index (χ1v) is 7.33. The van der Waals surface area contributed by atoms with Crippen LogP contribution in [0.2, 0.25) is 0 Å². The number of nitrogens with one attached hydrogen (secondary N) is 2. The van der Waals surface area contributed by atoms with E-state index in [9.17, 15) is 4.79 Å². The summed E-state index contributed by atoms with van der Waals surface area (Å²) in [7, 11) is 0. The van der Waals surface area contributed by atoms with Crippen LogP contribution >= 0.6 is 0 Å². The molecule has 2 aromatic rings. The Bertz CT molecular complexity index is 625. The van der Waals surface area contributed by atoms with Gasteiger partial charge in [0.2, 0.25) is 5.91 Å². The van der Waals surface area contributed by atoms with Crippen LogP contribution in [-0.4, -0.2) is 17.4 Å². The molecule has 1 aromatic carbocycles. The number of aryl methyl sites for hydroxylation is 1. The highest BCUT2D eigenvalue weighted by Gasteiger charge is 2.13. The molecule has 2 heterocycles. The number of hydrogen-bond acceptors (Lipinski definition) is 3. The molecule has 0 saturated heterocycles. The fourth-order valence-electron chi connectivity index (χ4n) is 2.67. The first-order chi connectivity index (χ1) is 10.3. The molecule has 0 radical (unpaired) electrons. The third-order valence-corrected chi connectivity index (χ3v) is 3.80. The van der Waals surface area contributed by atoms with E-state index in [0.29, 0.717) is 6.42 Å². The molecule has 0 atom stereocenters. The van der Waals surface area contributed by atoms with Crippen LogP contribution < -0.4 is 10.6 Å².